The summed E-state index contributed by atoms with van der Waals surface area (Å²) < 4.78 is 60.2. The van der Waals surface area contributed by atoms with Crippen LogP contribution in [0.3, 0.4) is 0 Å². The lowest BCUT2D eigenvalue weighted by molar-refractivity contribution is -0.114. The summed E-state index contributed by atoms with van der Waals surface area (Å²) in [6.45, 7) is -0.620. The molecule has 0 aliphatic heterocycles. The second-order valence-electron chi connectivity index (χ2n) is 7.40. The Morgan fingerprint density at radius 1 is 0.771 bits per heavy atom. The van der Waals surface area contributed by atoms with Crippen molar-refractivity contribution in [2.45, 2.75) is 4.90 Å². The molecule has 0 saturated carbocycles. The van der Waals surface area contributed by atoms with E-state index in [1.165, 1.54) is 12.1 Å². The molecular formula is C26H20F2N2O4S. The highest BCUT2D eigenvalue weighted by Gasteiger charge is 2.27. The Morgan fingerprint density at radius 2 is 1.34 bits per heavy atom. The smallest absolute Gasteiger partial charge is 0.264 e. The first-order chi connectivity index (χ1) is 16.8. The van der Waals surface area contributed by atoms with Crippen LogP contribution < -0.4 is 14.4 Å². The summed E-state index contributed by atoms with van der Waals surface area (Å²) in [6, 6.07) is 24.5. The van der Waals surface area contributed by atoms with E-state index >= 15 is 0 Å². The third-order valence-electron chi connectivity index (χ3n) is 4.94. The number of sulfonamides is 1. The number of para-hydroxylation sites is 3. The minimum atomic E-state index is -4.28. The van der Waals surface area contributed by atoms with Gasteiger partial charge in [-0.3, -0.25) is 9.10 Å². The Morgan fingerprint density at radius 3 is 2.00 bits per heavy atom. The average Bonchev–Trinajstić information content (AvgIpc) is 2.85. The first-order valence-electron chi connectivity index (χ1n) is 10.5. The number of benzene rings is 4. The third-order valence-corrected chi connectivity index (χ3v) is 6.72. The molecule has 0 bridgehead atoms. The van der Waals surface area contributed by atoms with Crippen LogP contribution in [0.1, 0.15) is 0 Å². The first kappa shape index (κ1) is 23.9. The topological polar surface area (TPSA) is 75.7 Å². The minimum absolute atomic E-state index is 0.0692. The predicted octanol–water partition coefficient (Wildman–Crippen LogP) is 5.59. The van der Waals surface area contributed by atoms with Crippen molar-refractivity contribution in [3.8, 4) is 11.5 Å². The van der Waals surface area contributed by atoms with Gasteiger partial charge in [-0.15, -0.1) is 0 Å². The van der Waals surface area contributed by atoms with Crippen molar-refractivity contribution in [1.29, 1.82) is 0 Å². The molecule has 9 heteroatoms. The Kier molecular flexibility index (Phi) is 7.07. The summed E-state index contributed by atoms with van der Waals surface area (Å²) in [4.78, 5) is 12.8. The summed E-state index contributed by atoms with van der Waals surface area (Å²) in [5, 5.41) is 2.67. The third kappa shape index (κ3) is 5.82. The lowest BCUT2D eigenvalue weighted by Gasteiger charge is -2.24. The number of ether oxygens (including phenoxy) is 1. The Balaban J connectivity index is 1.61. The molecule has 0 aromatic heterocycles. The molecular weight excluding hydrogens is 474 g/mol. The summed E-state index contributed by atoms with van der Waals surface area (Å²) in [7, 11) is -4.28. The predicted molar refractivity (Wildman–Crippen MR) is 129 cm³/mol. The van der Waals surface area contributed by atoms with E-state index < -0.39 is 34.1 Å². The van der Waals surface area contributed by atoms with E-state index in [2.05, 4.69) is 5.32 Å². The number of amides is 1. The molecule has 1 amide bonds. The maximum Gasteiger partial charge on any atom is 0.264 e. The van der Waals surface area contributed by atoms with Crippen LogP contribution in [0, 0.1) is 11.6 Å². The van der Waals surface area contributed by atoms with Crippen LogP contribution in [0.4, 0.5) is 20.2 Å². The minimum Gasteiger partial charge on any atom is -0.455 e. The van der Waals surface area contributed by atoms with Crippen LogP contribution in [-0.4, -0.2) is 20.9 Å². The number of carbonyl (C=O) groups is 1. The SMILES string of the molecule is O=C(CN(c1ccc(F)cc1)S(=O)(=O)c1ccc(F)cc1)Nc1ccccc1Oc1ccccc1. The lowest BCUT2D eigenvalue weighted by atomic mass is 10.2. The van der Waals surface area contributed by atoms with Gasteiger partial charge >= 0.3 is 0 Å². The molecule has 0 spiro atoms. The van der Waals surface area contributed by atoms with E-state index in [1.54, 1.807) is 48.5 Å². The van der Waals surface area contributed by atoms with E-state index in [0.717, 1.165) is 40.7 Å². The number of halogens is 2. The number of hydrogen-bond donors (Lipinski definition) is 1. The van der Waals surface area contributed by atoms with Gasteiger partial charge in [0, 0.05) is 0 Å². The van der Waals surface area contributed by atoms with Gasteiger partial charge < -0.3 is 10.1 Å². The van der Waals surface area contributed by atoms with E-state index in [1.807, 2.05) is 6.07 Å². The van der Waals surface area contributed by atoms with Gasteiger partial charge in [-0.05, 0) is 72.8 Å². The van der Waals surface area contributed by atoms with Crippen molar-refractivity contribution in [1.82, 2.24) is 0 Å². The second-order valence-corrected chi connectivity index (χ2v) is 9.26. The quantitative estimate of drug-likeness (QED) is 0.346. The average molecular weight is 495 g/mol. The maximum atomic E-state index is 13.5. The zero-order valence-electron chi connectivity index (χ0n) is 18.3. The van der Waals surface area contributed by atoms with Gasteiger partial charge in [-0.2, -0.15) is 0 Å². The molecule has 0 aliphatic carbocycles. The van der Waals surface area contributed by atoms with Crippen molar-refractivity contribution < 1.29 is 26.7 Å². The van der Waals surface area contributed by atoms with Gasteiger partial charge in [0.15, 0.2) is 5.75 Å². The molecule has 0 radical (unpaired) electrons. The molecule has 4 rings (SSSR count). The molecule has 0 fully saturated rings. The molecule has 4 aromatic rings. The van der Waals surface area contributed by atoms with Crippen LogP contribution in [0.5, 0.6) is 11.5 Å². The first-order valence-corrected chi connectivity index (χ1v) is 11.9. The van der Waals surface area contributed by atoms with Gasteiger partial charge in [0.2, 0.25) is 5.91 Å². The van der Waals surface area contributed by atoms with Gasteiger partial charge in [-0.25, -0.2) is 17.2 Å². The zero-order valence-corrected chi connectivity index (χ0v) is 19.1. The Labute approximate surface area is 201 Å². The summed E-state index contributed by atoms with van der Waals surface area (Å²) >= 11 is 0. The van der Waals surface area contributed by atoms with E-state index in [4.69, 9.17) is 4.74 Å². The van der Waals surface area contributed by atoms with Crippen molar-refractivity contribution >= 4 is 27.3 Å². The Hall–Kier alpha value is -4.24. The largest absolute Gasteiger partial charge is 0.455 e. The van der Waals surface area contributed by atoms with Gasteiger partial charge in [0.25, 0.3) is 10.0 Å². The van der Waals surface area contributed by atoms with Crippen LogP contribution in [0.25, 0.3) is 0 Å². The molecule has 0 atom stereocenters. The molecule has 4 aromatic carbocycles. The van der Waals surface area contributed by atoms with Gasteiger partial charge in [-0.1, -0.05) is 30.3 Å². The lowest BCUT2D eigenvalue weighted by Crippen LogP contribution is -2.38. The second kappa shape index (κ2) is 10.4. The van der Waals surface area contributed by atoms with Crippen molar-refractivity contribution in [2.75, 3.05) is 16.2 Å². The summed E-state index contributed by atoms with van der Waals surface area (Å²) in [5.41, 5.74) is 0.402. The fourth-order valence-corrected chi connectivity index (χ4v) is 4.67. The molecule has 6 nitrogen and oxygen atoms in total. The molecule has 0 saturated heterocycles. The van der Waals surface area contributed by atoms with Gasteiger partial charge in [0.05, 0.1) is 16.3 Å². The molecule has 178 valence electrons. The van der Waals surface area contributed by atoms with Crippen LogP contribution in [0.15, 0.2) is 108 Å². The molecule has 1 N–H and O–H groups in total. The van der Waals surface area contributed by atoms with Crippen LogP contribution in [0.2, 0.25) is 0 Å². The van der Waals surface area contributed by atoms with E-state index in [-0.39, 0.29) is 10.6 Å². The maximum absolute atomic E-state index is 13.5. The molecule has 0 unspecified atom stereocenters. The standard InChI is InChI=1S/C26H20F2N2O4S/c27-19-10-14-21(15-11-19)30(35(32,33)23-16-12-20(28)13-17-23)18-26(31)29-24-8-4-5-9-25(24)34-22-6-2-1-3-7-22/h1-17H,18H2,(H,29,31). The van der Waals surface area contributed by atoms with Crippen molar-refractivity contribution in [3.63, 3.8) is 0 Å². The molecule has 0 heterocycles. The monoisotopic (exact) mass is 494 g/mol. The van der Waals surface area contributed by atoms with Crippen LogP contribution >= 0.6 is 0 Å². The van der Waals surface area contributed by atoms with E-state index in [0.29, 0.717) is 17.2 Å². The molecule has 0 aliphatic rings. The number of nitrogens with zero attached hydrogens (tertiary/aromatic N) is 1. The Bertz CT molecular complexity index is 1410. The van der Waals surface area contributed by atoms with Crippen molar-refractivity contribution in [3.05, 3.63) is 115 Å². The van der Waals surface area contributed by atoms with E-state index in [9.17, 15) is 22.0 Å². The molecule has 35 heavy (non-hydrogen) atoms. The fraction of sp³-hybridized carbons (Fsp3) is 0.0385. The highest BCUT2D eigenvalue weighted by molar-refractivity contribution is 7.92. The van der Waals surface area contributed by atoms with Gasteiger partial charge in [0.1, 0.15) is 23.9 Å². The summed E-state index contributed by atoms with van der Waals surface area (Å²) in [5.74, 6) is -0.915. The van der Waals surface area contributed by atoms with Crippen LogP contribution in [-0.2, 0) is 14.8 Å². The number of nitrogens with one attached hydrogen (secondary N) is 1. The number of carbonyl (C=O) groups excluding carboxylic acids is 1. The number of hydrogen-bond acceptors (Lipinski definition) is 4. The normalized spacial score (nSPS) is 11.0. The highest BCUT2D eigenvalue weighted by Crippen LogP contribution is 2.30. The summed E-state index contributed by atoms with van der Waals surface area (Å²) in [6.07, 6.45) is 0. The number of rotatable bonds is 8. The fourth-order valence-electron chi connectivity index (χ4n) is 3.25. The van der Waals surface area contributed by atoms with Crippen molar-refractivity contribution in [2.24, 2.45) is 0 Å². The highest BCUT2D eigenvalue weighted by atomic mass is 32.2. The zero-order chi connectivity index (χ0) is 24.8. The number of anilines is 2.